The molecular weight excluding hydrogens is 353 g/mol. The summed E-state index contributed by atoms with van der Waals surface area (Å²) in [4.78, 5) is 3.95. The van der Waals surface area contributed by atoms with Crippen LogP contribution in [-0.2, 0) is 7.05 Å². The molecule has 0 saturated heterocycles. The number of aromatic nitrogens is 4. The van der Waals surface area contributed by atoms with Gasteiger partial charge in [-0.15, -0.1) is 22.8 Å². The van der Waals surface area contributed by atoms with Gasteiger partial charge in [0.15, 0.2) is 11.0 Å². The first-order chi connectivity index (χ1) is 11.0. The zero-order valence-corrected chi connectivity index (χ0v) is 14.2. The summed E-state index contributed by atoms with van der Waals surface area (Å²) in [5.74, 6) is 0.624. The van der Waals surface area contributed by atoms with Gasteiger partial charge < -0.3 is 4.57 Å². The fourth-order valence-electron chi connectivity index (χ4n) is 2.22. The summed E-state index contributed by atoms with van der Waals surface area (Å²) in [6, 6.07) is 10.8. The second kappa shape index (κ2) is 6.20. The highest BCUT2D eigenvalue weighted by atomic mass is 35.5. The predicted molar refractivity (Wildman–Crippen MR) is 91.7 cm³/mol. The Bertz CT molecular complexity index is 925. The van der Waals surface area contributed by atoms with Crippen molar-refractivity contribution in [3.8, 4) is 28.6 Å². The molecule has 5 nitrogen and oxygen atoms in total. The highest BCUT2D eigenvalue weighted by Gasteiger charge is 2.16. The second-order valence-corrected chi connectivity index (χ2v) is 5.93. The van der Waals surface area contributed by atoms with E-state index in [0.717, 1.165) is 16.7 Å². The lowest BCUT2D eigenvalue weighted by atomic mass is 9.97. The number of nitriles is 1. The third-order valence-electron chi connectivity index (χ3n) is 3.32. The Morgan fingerprint density at radius 1 is 1.09 bits per heavy atom. The van der Waals surface area contributed by atoms with Crippen molar-refractivity contribution >= 4 is 35.8 Å². The van der Waals surface area contributed by atoms with Gasteiger partial charge in [-0.25, -0.2) is 4.98 Å². The van der Waals surface area contributed by atoms with E-state index in [4.69, 9.17) is 23.2 Å². The summed E-state index contributed by atoms with van der Waals surface area (Å²) in [7, 11) is 1.81. The molecule has 3 aromatic rings. The second-order valence-electron chi connectivity index (χ2n) is 4.76. The van der Waals surface area contributed by atoms with E-state index in [1.165, 1.54) is 0 Å². The van der Waals surface area contributed by atoms with Crippen molar-refractivity contribution in [3.63, 3.8) is 0 Å². The third kappa shape index (κ3) is 3.04. The highest BCUT2D eigenvalue weighted by Crippen LogP contribution is 2.34. The van der Waals surface area contributed by atoms with Gasteiger partial charge in [0.1, 0.15) is 10.3 Å². The molecule has 23 heavy (non-hydrogen) atoms. The molecule has 0 unspecified atom stereocenters. The lowest BCUT2D eigenvalue weighted by Gasteiger charge is -2.11. The number of benzene rings is 1. The third-order valence-corrected chi connectivity index (χ3v) is 4.09. The van der Waals surface area contributed by atoms with Crippen LogP contribution in [0.3, 0.4) is 0 Å². The van der Waals surface area contributed by atoms with E-state index >= 15 is 0 Å². The summed E-state index contributed by atoms with van der Waals surface area (Å²) in [6.45, 7) is 0. The van der Waals surface area contributed by atoms with Crippen molar-refractivity contribution in [2.24, 2.45) is 7.05 Å². The zero-order valence-electron chi connectivity index (χ0n) is 11.8. The minimum atomic E-state index is 0.272. The van der Waals surface area contributed by atoms with Crippen LogP contribution < -0.4 is 0 Å². The Balaban J connectivity index is 2.29. The molecule has 0 amide bonds. The van der Waals surface area contributed by atoms with Crippen LogP contribution in [0.4, 0.5) is 0 Å². The summed E-state index contributed by atoms with van der Waals surface area (Å²) in [5, 5.41) is 18.3. The van der Waals surface area contributed by atoms with Crippen molar-refractivity contribution in [2.75, 3.05) is 0 Å². The summed E-state index contributed by atoms with van der Waals surface area (Å²) >= 11 is 16.2. The smallest absolute Gasteiger partial charge is 0.188 e. The molecule has 2 heterocycles. The minimum absolute atomic E-state index is 0.272. The Morgan fingerprint density at radius 2 is 1.78 bits per heavy atom. The molecule has 0 fully saturated rings. The maximum absolute atomic E-state index is 9.18. The van der Waals surface area contributed by atoms with E-state index in [1.54, 1.807) is 28.8 Å². The van der Waals surface area contributed by atoms with Gasteiger partial charge in [0, 0.05) is 12.6 Å². The van der Waals surface area contributed by atoms with Crippen molar-refractivity contribution in [1.29, 1.82) is 5.26 Å². The Labute approximate surface area is 147 Å². The van der Waals surface area contributed by atoms with Crippen molar-refractivity contribution < 1.29 is 0 Å². The molecule has 8 heteroatoms. The molecule has 0 radical (unpaired) electrons. The van der Waals surface area contributed by atoms with E-state index in [2.05, 4.69) is 33.9 Å². The normalized spacial score (nSPS) is 10.6. The SMILES string of the molecule is Cn1c(S)nnc1-c1ccc(C#N)cc1-c1cc(Cl)nc(Cl)c1. The topological polar surface area (TPSA) is 67.4 Å². The number of nitrogens with zero attached hydrogens (tertiary/aromatic N) is 5. The average molecular weight is 362 g/mol. The molecule has 1 aromatic carbocycles. The largest absolute Gasteiger partial charge is 0.305 e. The summed E-state index contributed by atoms with van der Waals surface area (Å²) < 4.78 is 1.75. The van der Waals surface area contributed by atoms with Gasteiger partial charge >= 0.3 is 0 Å². The number of hydrogen-bond acceptors (Lipinski definition) is 5. The molecular formula is C15H9Cl2N5S. The van der Waals surface area contributed by atoms with E-state index < -0.39 is 0 Å². The van der Waals surface area contributed by atoms with Crippen LogP contribution in [0.1, 0.15) is 5.56 Å². The van der Waals surface area contributed by atoms with E-state index in [-0.39, 0.29) is 10.3 Å². The predicted octanol–water partition coefficient (Wildman–Crippen LogP) is 4.01. The quantitative estimate of drug-likeness (QED) is 0.553. The van der Waals surface area contributed by atoms with Gasteiger partial charge in [-0.2, -0.15) is 5.26 Å². The lowest BCUT2D eigenvalue weighted by Crippen LogP contribution is -1.96. The molecule has 0 saturated carbocycles. The number of rotatable bonds is 2. The van der Waals surface area contributed by atoms with Gasteiger partial charge in [-0.05, 0) is 41.5 Å². The van der Waals surface area contributed by atoms with Crippen LogP contribution in [0.2, 0.25) is 10.3 Å². The monoisotopic (exact) mass is 361 g/mol. The Hall–Kier alpha value is -2.07. The summed E-state index contributed by atoms with van der Waals surface area (Å²) in [6.07, 6.45) is 0. The Morgan fingerprint density at radius 3 is 2.35 bits per heavy atom. The van der Waals surface area contributed by atoms with Crippen LogP contribution in [-0.4, -0.2) is 19.7 Å². The molecule has 2 aromatic heterocycles. The van der Waals surface area contributed by atoms with E-state index in [0.29, 0.717) is 16.5 Å². The van der Waals surface area contributed by atoms with Crippen LogP contribution in [0.25, 0.3) is 22.5 Å². The van der Waals surface area contributed by atoms with Gasteiger partial charge in [-0.3, -0.25) is 0 Å². The fourth-order valence-corrected chi connectivity index (χ4v) is 2.82. The van der Waals surface area contributed by atoms with Gasteiger partial charge in [0.25, 0.3) is 0 Å². The van der Waals surface area contributed by atoms with Crippen LogP contribution in [0, 0.1) is 11.3 Å². The number of pyridine rings is 1. The molecule has 0 atom stereocenters. The lowest BCUT2D eigenvalue weighted by molar-refractivity contribution is 0.798. The van der Waals surface area contributed by atoms with Crippen LogP contribution >= 0.6 is 35.8 Å². The van der Waals surface area contributed by atoms with Crippen molar-refractivity contribution in [2.45, 2.75) is 5.16 Å². The molecule has 0 bridgehead atoms. The summed E-state index contributed by atoms with van der Waals surface area (Å²) in [5.41, 5.74) is 2.81. The Kier molecular flexibility index (Phi) is 4.26. The minimum Gasteiger partial charge on any atom is -0.305 e. The van der Waals surface area contributed by atoms with E-state index in [1.807, 2.05) is 13.1 Å². The first-order valence-corrected chi connectivity index (χ1v) is 7.66. The first kappa shape index (κ1) is 15.8. The zero-order chi connectivity index (χ0) is 16.6. The maximum atomic E-state index is 9.18. The molecule has 0 N–H and O–H groups in total. The van der Waals surface area contributed by atoms with E-state index in [9.17, 15) is 5.26 Å². The number of thiol groups is 1. The first-order valence-electron chi connectivity index (χ1n) is 6.46. The maximum Gasteiger partial charge on any atom is 0.188 e. The number of hydrogen-bond donors (Lipinski definition) is 1. The van der Waals surface area contributed by atoms with Gasteiger partial charge in [0.2, 0.25) is 0 Å². The van der Waals surface area contributed by atoms with Crippen LogP contribution in [0.5, 0.6) is 0 Å². The average Bonchev–Trinajstić information content (AvgIpc) is 2.85. The van der Waals surface area contributed by atoms with Crippen LogP contribution in [0.15, 0.2) is 35.5 Å². The van der Waals surface area contributed by atoms with Crippen molar-refractivity contribution in [3.05, 3.63) is 46.2 Å². The molecule has 0 aliphatic carbocycles. The molecule has 0 aliphatic rings. The molecule has 0 aliphatic heterocycles. The van der Waals surface area contributed by atoms with Gasteiger partial charge in [0.05, 0.1) is 11.6 Å². The molecule has 0 spiro atoms. The van der Waals surface area contributed by atoms with Crippen molar-refractivity contribution in [1.82, 2.24) is 19.7 Å². The van der Waals surface area contributed by atoms with Gasteiger partial charge in [-0.1, -0.05) is 23.2 Å². The molecule has 3 rings (SSSR count). The molecule has 114 valence electrons. The highest BCUT2D eigenvalue weighted by molar-refractivity contribution is 7.80. The number of halogens is 2. The standard InChI is InChI=1S/C15H9Cl2N5S/c1-22-14(20-21-15(22)23)10-3-2-8(7-18)4-11(10)9-5-12(16)19-13(17)6-9/h2-6H,1H3,(H,21,23). The fraction of sp³-hybridized carbons (Fsp3) is 0.0667.